The topological polar surface area (TPSA) is 107 Å². The molecule has 2 aromatic carbocycles. The Hall–Kier alpha value is -2.78. The Labute approximate surface area is 162 Å². The number of non-ortho nitro benzene ring substituents is 1. The first-order valence-corrected chi connectivity index (χ1v) is 10.3. The molecular formula is C19H20N2O6S. The van der Waals surface area contributed by atoms with Crippen molar-refractivity contribution in [1.82, 2.24) is 4.31 Å². The molecule has 28 heavy (non-hydrogen) atoms. The molecule has 0 amide bonds. The summed E-state index contributed by atoms with van der Waals surface area (Å²) in [5.74, 6) is -0.697. The highest BCUT2D eigenvalue weighted by atomic mass is 32.2. The minimum Gasteiger partial charge on any atom is -0.454 e. The van der Waals surface area contributed by atoms with Crippen LogP contribution in [0.1, 0.15) is 41.8 Å². The molecule has 1 aliphatic rings. The molecule has 8 nitrogen and oxygen atoms in total. The smallest absolute Gasteiger partial charge is 0.338 e. The number of rotatable bonds is 6. The third-order valence-electron chi connectivity index (χ3n) is 4.61. The maximum atomic E-state index is 12.7. The first kappa shape index (κ1) is 20.0. The molecule has 0 spiro atoms. The summed E-state index contributed by atoms with van der Waals surface area (Å²) >= 11 is 0. The number of esters is 1. The zero-order valence-corrected chi connectivity index (χ0v) is 16.1. The number of nitro groups is 1. The maximum Gasteiger partial charge on any atom is 0.338 e. The Morgan fingerprint density at radius 2 is 1.82 bits per heavy atom. The van der Waals surface area contributed by atoms with Crippen molar-refractivity contribution in [3.05, 3.63) is 69.8 Å². The first-order chi connectivity index (χ1) is 13.3. The summed E-state index contributed by atoms with van der Waals surface area (Å²) in [7, 11) is -3.64. The Morgan fingerprint density at radius 1 is 1.14 bits per heavy atom. The summed E-state index contributed by atoms with van der Waals surface area (Å²) < 4.78 is 32.1. The van der Waals surface area contributed by atoms with Crippen molar-refractivity contribution in [2.75, 3.05) is 13.1 Å². The van der Waals surface area contributed by atoms with Crippen molar-refractivity contribution in [1.29, 1.82) is 0 Å². The molecule has 0 aliphatic carbocycles. The molecule has 1 saturated heterocycles. The van der Waals surface area contributed by atoms with Crippen molar-refractivity contribution in [2.45, 2.75) is 30.8 Å². The van der Waals surface area contributed by atoms with Gasteiger partial charge in [-0.15, -0.1) is 0 Å². The molecule has 0 bridgehead atoms. The molecule has 9 heteroatoms. The number of hydrogen-bond acceptors (Lipinski definition) is 6. The predicted octanol–water partition coefficient (Wildman–Crippen LogP) is 3.30. The van der Waals surface area contributed by atoms with Crippen LogP contribution in [0.25, 0.3) is 0 Å². The number of nitrogens with zero attached hydrogens (tertiary/aromatic N) is 2. The SMILES string of the molecule is C[C@H](OC(=O)c1cccc(S(=O)(=O)N2CCCC2)c1)c1cccc([N+](=O)[O-])c1. The lowest BCUT2D eigenvalue weighted by molar-refractivity contribution is -0.385. The maximum absolute atomic E-state index is 12.7. The quantitative estimate of drug-likeness (QED) is 0.415. The Morgan fingerprint density at radius 3 is 2.50 bits per heavy atom. The fraction of sp³-hybridized carbons (Fsp3) is 0.316. The number of benzene rings is 2. The standard InChI is InChI=1S/C19H20N2O6S/c1-14(15-6-4-8-17(12-15)21(23)24)27-19(22)16-7-5-9-18(13-16)28(25,26)20-10-2-3-11-20/h4-9,12-14H,2-3,10-11H2,1H3/t14-/m0/s1. The third-order valence-corrected chi connectivity index (χ3v) is 6.50. The van der Waals surface area contributed by atoms with Crippen molar-refractivity contribution in [3.8, 4) is 0 Å². The molecule has 0 saturated carbocycles. The lowest BCUT2D eigenvalue weighted by atomic mass is 10.1. The van der Waals surface area contributed by atoms with Gasteiger partial charge in [-0.1, -0.05) is 18.2 Å². The molecule has 0 unspecified atom stereocenters. The van der Waals surface area contributed by atoms with E-state index in [-0.39, 0.29) is 16.1 Å². The third kappa shape index (κ3) is 4.20. The molecule has 1 fully saturated rings. The van der Waals surface area contributed by atoms with Crippen LogP contribution in [0.4, 0.5) is 5.69 Å². The highest BCUT2D eigenvalue weighted by Gasteiger charge is 2.28. The second-order valence-electron chi connectivity index (χ2n) is 6.54. The molecule has 1 aliphatic heterocycles. The first-order valence-electron chi connectivity index (χ1n) is 8.84. The summed E-state index contributed by atoms with van der Waals surface area (Å²) in [5, 5.41) is 10.9. The summed E-state index contributed by atoms with van der Waals surface area (Å²) in [6, 6.07) is 11.6. The molecule has 148 valence electrons. The van der Waals surface area contributed by atoms with Crippen molar-refractivity contribution in [3.63, 3.8) is 0 Å². The highest BCUT2D eigenvalue weighted by Crippen LogP contribution is 2.25. The second kappa shape index (κ2) is 8.07. The zero-order chi connectivity index (χ0) is 20.3. The minimum absolute atomic E-state index is 0.0480. The van der Waals surface area contributed by atoms with Gasteiger partial charge in [-0.3, -0.25) is 10.1 Å². The summed E-state index contributed by atoms with van der Waals surface area (Å²) in [5.41, 5.74) is 0.486. The van der Waals surface area contributed by atoms with Crippen LogP contribution in [0.2, 0.25) is 0 Å². The van der Waals surface area contributed by atoms with E-state index in [1.54, 1.807) is 13.0 Å². The average Bonchev–Trinajstić information content (AvgIpc) is 3.24. The van der Waals surface area contributed by atoms with Gasteiger partial charge in [0.05, 0.1) is 15.4 Å². The van der Waals surface area contributed by atoms with Gasteiger partial charge in [0.25, 0.3) is 5.69 Å². The van der Waals surface area contributed by atoms with E-state index in [0.717, 1.165) is 12.8 Å². The summed E-state index contributed by atoms with van der Waals surface area (Å²) in [4.78, 5) is 22.9. The monoisotopic (exact) mass is 404 g/mol. The Balaban J connectivity index is 1.78. The summed E-state index contributed by atoms with van der Waals surface area (Å²) in [6.07, 6.45) is 0.912. The number of ether oxygens (including phenoxy) is 1. The molecule has 1 heterocycles. The van der Waals surface area contributed by atoms with Crippen LogP contribution in [-0.2, 0) is 14.8 Å². The van der Waals surface area contributed by atoms with Gasteiger partial charge >= 0.3 is 5.97 Å². The van der Waals surface area contributed by atoms with E-state index in [1.165, 1.54) is 46.8 Å². The van der Waals surface area contributed by atoms with Crippen LogP contribution >= 0.6 is 0 Å². The van der Waals surface area contributed by atoms with Gasteiger partial charge in [0.1, 0.15) is 6.10 Å². The molecule has 0 radical (unpaired) electrons. The van der Waals surface area contributed by atoms with Crippen LogP contribution < -0.4 is 0 Å². The van der Waals surface area contributed by atoms with Crippen LogP contribution in [0.3, 0.4) is 0 Å². The van der Waals surface area contributed by atoms with Gasteiger partial charge in [0.15, 0.2) is 0 Å². The van der Waals surface area contributed by atoms with Gasteiger partial charge in [-0.25, -0.2) is 13.2 Å². The van der Waals surface area contributed by atoms with Crippen molar-refractivity contribution in [2.24, 2.45) is 0 Å². The van der Waals surface area contributed by atoms with Crippen LogP contribution in [-0.4, -0.2) is 36.7 Å². The molecular weight excluding hydrogens is 384 g/mol. The number of carbonyl (C=O) groups excluding carboxylic acids is 1. The Bertz CT molecular complexity index is 999. The van der Waals surface area contributed by atoms with E-state index in [2.05, 4.69) is 0 Å². The van der Waals surface area contributed by atoms with E-state index in [4.69, 9.17) is 4.74 Å². The van der Waals surface area contributed by atoms with Crippen molar-refractivity contribution >= 4 is 21.7 Å². The number of carbonyl (C=O) groups is 1. The van der Waals surface area contributed by atoms with Crippen LogP contribution in [0, 0.1) is 10.1 Å². The molecule has 2 aromatic rings. The minimum atomic E-state index is -3.64. The van der Waals surface area contributed by atoms with Crippen molar-refractivity contribution < 1.29 is 22.9 Å². The van der Waals surface area contributed by atoms with E-state index >= 15 is 0 Å². The van der Waals surface area contributed by atoms with E-state index in [0.29, 0.717) is 18.7 Å². The predicted molar refractivity (Wildman–Crippen MR) is 101 cm³/mol. The number of nitro benzene ring substituents is 1. The molecule has 0 N–H and O–H groups in total. The highest BCUT2D eigenvalue weighted by molar-refractivity contribution is 7.89. The lowest BCUT2D eigenvalue weighted by Gasteiger charge is -2.17. The van der Waals surface area contributed by atoms with Crippen LogP contribution in [0.5, 0.6) is 0 Å². The van der Waals surface area contributed by atoms with E-state index < -0.39 is 27.0 Å². The van der Waals surface area contributed by atoms with E-state index in [9.17, 15) is 23.3 Å². The van der Waals surface area contributed by atoms with Gasteiger partial charge in [-0.05, 0) is 43.5 Å². The van der Waals surface area contributed by atoms with Gasteiger partial charge in [-0.2, -0.15) is 4.31 Å². The Kier molecular flexibility index (Phi) is 5.76. The van der Waals surface area contributed by atoms with Gasteiger partial charge < -0.3 is 4.74 Å². The van der Waals surface area contributed by atoms with Gasteiger partial charge in [0, 0.05) is 25.2 Å². The van der Waals surface area contributed by atoms with Crippen LogP contribution in [0.15, 0.2) is 53.4 Å². The largest absolute Gasteiger partial charge is 0.454 e. The normalized spacial score (nSPS) is 15.9. The molecule has 3 rings (SSSR count). The fourth-order valence-electron chi connectivity index (χ4n) is 3.05. The fourth-order valence-corrected chi connectivity index (χ4v) is 4.61. The molecule has 0 aromatic heterocycles. The second-order valence-corrected chi connectivity index (χ2v) is 8.48. The number of hydrogen-bond donors (Lipinski definition) is 0. The zero-order valence-electron chi connectivity index (χ0n) is 15.3. The average molecular weight is 404 g/mol. The number of sulfonamides is 1. The molecule has 1 atom stereocenters. The summed E-state index contributed by atoms with van der Waals surface area (Å²) in [6.45, 7) is 2.55. The van der Waals surface area contributed by atoms with E-state index in [1.807, 2.05) is 0 Å². The van der Waals surface area contributed by atoms with Gasteiger partial charge in [0.2, 0.25) is 10.0 Å². The lowest BCUT2D eigenvalue weighted by Crippen LogP contribution is -2.28.